The Morgan fingerprint density at radius 2 is 1.69 bits per heavy atom. The molecule has 1 aromatic heterocycles. The number of hydrogen-bond donors (Lipinski definition) is 0. The van der Waals surface area contributed by atoms with Crippen molar-refractivity contribution < 1.29 is 14.3 Å². The second-order valence-electron chi connectivity index (χ2n) is 8.37. The first-order valence-corrected chi connectivity index (χ1v) is 10.8. The minimum Gasteiger partial charge on any atom is -0.444 e. The van der Waals surface area contributed by atoms with Crippen molar-refractivity contribution in [1.29, 1.82) is 0 Å². The predicted octanol–water partition coefficient (Wildman–Crippen LogP) is 4.05. The minimum absolute atomic E-state index is 0.147. The number of ether oxygens (including phenoxy) is 1. The fourth-order valence-corrected chi connectivity index (χ4v) is 3.19. The van der Waals surface area contributed by atoms with Gasteiger partial charge < -0.3 is 9.64 Å². The van der Waals surface area contributed by atoms with Gasteiger partial charge >= 0.3 is 11.8 Å². The zero-order chi connectivity index (χ0) is 23.5. The maximum absolute atomic E-state index is 12.7. The molecule has 1 amide bonds. The van der Waals surface area contributed by atoms with Crippen LogP contribution in [-0.2, 0) is 17.8 Å². The first-order chi connectivity index (χ1) is 15.0. The van der Waals surface area contributed by atoms with E-state index in [1.165, 1.54) is 15.8 Å². The smallest absolute Gasteiger partial charge is 0.410 e. The van der Waals surface area contributed by atoms with E-state index in [4.69, 9.17) is 4.74 Å². The number of amides is 1. The standard InChI is InChI=1S/C23H25BrN4O4/c1-23(2,3)32-22(31)26(4)13-16-5-11-19(12-6-16)27-15-25-28(21(27)30)14-20(29)17-7-9-18(24)10-8-17/h5-12,15H,13-14H2,1-4H3. The topological polar surface area (TPSA) is 86.4 Å². The Morgan fingerprint density at radius 3 is 2.28 bits per heavy atom. The van der Waals surface area contributed by atoms with Crippen molar-refractivity contribution in [2.24, 2.45) is 0 Å². The lowest BCUT2D eigenvalue weighted by Gasteiger charge is -2.24. The molecule has 0 saturated heterocycles. The van der Waals surface area contributed by atoms with Crippen molar-refractivity contribution in [3.63, 3.8) is 0 Å². The number of carbonyl (C=O) groups excluding carboxylic acids is 2. The van der Waals surface area contributed by atoms with Crippen LogP contribution < -0.4 is 5.69 Å². The molecule has 0 unspecified atom stereocenters. The number of hydrogen-bond acceptors (Lipinski definition) is 5. The van der Waals surface area contributed by atoms with E-state index in [9.17, 15) is 14.4 Å². The predicted molar refractivity (Wildman–Crippen MR) is 124 cm³/mol. The van der Waals surface area contributed by atoms with Crippen LogP contribution in [0.15, 0.2) is 64.1 Å². The van der Waals surface area contributed by atoms with E-state index in [1.54, 1.807) is 43.4 Å². The molecule has 0 N–H and O–H groups in total. The zero-order valence-corrected chi connectivity index (χ0v) is 20.0. The average Bonchev–Trinajstić information content (AvgIpc) is 3.08. The van der Waals surface area contributed by atoms with Crippen LogP contribution in [0, 0.1) is 0 Å². The maximum Gasteiger partial charge on any atom is 0.410 e. The van der Waals surface area contributed by atoms with Crippen LogP contribution >= 0.6 is 15.9 Å². The van der Waals surface area contributed by atoms with E-state index in [2.05, 4.69) is 21.0 Å². The third kappa shape index (κ3) is 5.94. The Labute approximate surface area is 194 Å². The summed E-state index contributed by atoms with van der Waals surface area (Å²) >= 11 is 3.33. The normalized spacial score (nSPS) is 11.3. The number of aromatic nitrogens is 3. The summed E-state index contributed by atoms with van der Waals surface area (Å²) in [7, 11) is 1.67. The Hall–Kier alpha value is -3.20. The van der Waals surface area contributed by atoms with Crippen molar-refractivity contribution >= 4 is 27.8 Å². The summed E-state index contributed by atoms with van der Waals surface area (Å²) in [6.45, 7) is 5.67. The molecule has 0 spiro atoms. The van der Waals surface area contributed by atoms with Gasteiger partial charge in [0.1, 0.15) is 18.5 Å². The lowest BCUT2D eigenvalue weighted by molar-refractivity contribution is 0.0285. The number of Topliss-reactive ketones (excluding diaryl/α,β-unsaturated/α-hetero) is 1. The fraction of sp³-hybridized carbons (Fsp3) is 0.304. The van der Waals surface area contributed by atoms with Crippen LogP contribution in [0.2, 0.25) is 0 Å². The number of rotatable bonds is 6. The van der Waals surface area contributed by atoms with Gasteiger partial charge in [0, 0.05) is 23.6 Å². The summed E-state index contributed by atoms with van der Waals surface area (Å²) in [6.07, 6.45) is 0.980. The molecule has 0 atom stereocenters. The highest BCUT2D eigenvalue weighted by molar-refractivity contribution is 9.10. The lowest BCUT2D eigenvalue weighted by atomic mass is 10.1. The molecule has 2 aromatic carbocycles. The summed E-state index contributed by atoms with van der Waals surface area (Å²) in [5, 5.41) is 4.07. The van der Waals surface area contributed by atoms with Gasteiger partial charge in [0.05, 0.1) is 5.69 Å². The van der Waals surface area contributed by atoms with Gasteiger partial charge in [-0.05, 0) is 50.6 Å². The van der Waals surface area contributed by atoms with Gasteiger partial charge in [0.25, 0.3) is 0 Å². The van der Waals surface area contributed by atoms with Crippen LogP contribution in [-0.4, -0.2) is 43.8 Å². The van der Waals surface area contributed by atoms with Gasteiger partial charge in [-0.15, -0.1) is 0 Å². The quantitative estimate of drug-likeness (QED) is 0.476. The first kappa shape index (κ1) is 23.5. The van der Waals surface area contributed by atoms with Gasteiger partial charge in [-0.25, -0.2) is 18.8 Å². The molecule has 3 aromatic rings. The summed E-state index contributed by atoms with van der Waals surface area (Å²) in [6, 6.07) is 14.1. The SMILES string of the molecule is CN(Cc1ccc(-n2cnn(CC(=O)c3ccc(Br)cc3)c2=O)cc1)C(=O)OC(C)(C)C. The summed E-state index contributed by atoms with van der Waals surface area (Å²) in [5.74, 6) is -0.203. The molecule has 0 aliphatic rings. The number of nitrogens with zero attached hydrogens (tertiary/aromatic N) is 4. The molecule has 3 rings (SSSR count). The largest absolute Gasteiger partial charge is 0.444 e. The summed E-state index contributed by atoms with van der Waals surface area (Å²) < 4.78 is 8.73. The molecule has 8 nitrogen and oxygen atoms in total. The molecule has 0 aliphatic heterocycles. The Balaban J connectivity index is 1.68. The van der Waals surface area contributed by atoms with Crippen LogP contribution in [0.4, 0.5) is 4.79 Å². The molecule has 0 aliphatic carbocycles. The van der Waals surface area contributed by atoms with E-state index in [0.717, 1.165) is 14.7 Å². The molecule has 0 fully saturated rings. The first-order valence-electron chi connectivity index (χ1n) is 10.00. The second kappa shape index (κ2) is 9.52. The van der Waals surface area contributed by atoms with Gasteiger partial charge in [-0.3, -0.25) is 4.79 Å². The van der Waals surface area contributed by atoms with Crippen molar-refractivity contribution in [2.45, 2.75) is 39.5 Å². The number of carbonyl (C=O) groups is 2. The number of benzene rings is 2. The third-order valence-corrected chi connectivity index (χ3v) is 5.06. The minimum atomic E-state index is -0.560. The highest BCUT2D eigenvalue weighted by Gasteiger charge is 2.19. The lowest BCUT2D eigenvalue weighted by Crippen LogP contribution is -2.33. The Morgan fingerprint density at radius 1 is 1.06 bits per heavy atom. The molecule has 0 radical (unpaired) electrons. The Kier molecular flexibility index (Phi) is 6.98. The van der Waals surface area contributed by atoms with Crippen molar-refractivity contribution in [3.05, 3.63) is 80.9 Å². The fourth-order valence-electron chi connectivity index (χ4n) is 2.93. The van der Waals surface area contributed by atoms with Crippen LogP contribution in [0.5, 0.6) is 0 Å². The average molecular weight is 501 g/mol. The van der Waals surface area contributed by atoms with Crippen LogP contribution in [0.25, 0.3) is 5.69 Å². The molecular weight excluding hydrogens is 476 g/mol. The van der Waals surface area contributed by atoms with E-state index >= 15 is 0 Å². The van der Waals surface area contributed by atoms with Crippen LogP contribution in [0.3, 0.4) is 0 Å². The Bertz CT molecular complexity index is 1160. The highest BCUT2D eigenvalue weighted by atomic mass is 79.9. The molecule has 9 heteroatoms. The monoisotopic (exact) mass is 500 g/mol. The van der Waals surface area contributed by atoms with Crippen LogP contribution in [0.1, 0.15) is 36.7 Å². The van der Waals surface area contributed by atoms with E-state index in [1.807, 2.05) is 32.9 Å². The van der Waals surface area contributed by atoms with Crippen molar-refractivity contribution in [2.75, 3.05) is 7.05 Å². The molecular formula is C23H25BrN4O4. The van der Waals surface area contributed by atoms with Crippen molar-refractivity contribution in [1.82, 2.24) is 19.2 Å². The van der Waals surface area contributed by atoms with Gasteiger partial charge in [0.2, 0.25) is 0 Å². The molecule has 168 valence electrons. The zero-order valence-electron chi connectivity index (χ0n) is 18.4. The molecule has 32 heavy (non-hydrogen) atoms. The van der Waals surface area contributed by atoms with E-state index in [-0.39, 0.29) is 12.3 Å². The summed E-state index contributed by atoms with van der Waals surface area (Å²) in [4.78, 5) is 38.8. The molecule has 0 bridgehead atoms. The second-order valence-corrected chi connectivity index (χ2v) is 9.29. The van der Waals surface area contributed by atoms with E-state index < -0.39 is 17.4 Å². The number of ketones is 1. The maximum atomic E-state index is 12.7. The third-order valence-electron chi connectivity index (χ3n) is 4.53. The van der Waals surface area contributed by atoms with Gasteiger partial charge in [-0.1, -0.05) is 40.2 Å². The number of halogens is 1. The van der Waals surface area contributed by atoms with Gasteiger partial charge in [-0.2, -0.15) is 5.10 Å². The molecule has 1 heterocycles. The van der Waals surface area contributed by atoms with E-state index in [0.29, 0.717) is 17.8 Å². The summed E-state index contributed by atoms with van der Waals surface area (Å²) in [5.41, 5.74) is 1.03. The van der Waals surface area contributed by atoms with Gasteiger partial charge in [0.15, 0.2) is 5.78 Å². The highest BCUT2D eigenvalue weighted by Crippen LogP contribution is 2.14. The molecule has 0 saturated carbocycles. The van der Waals surface area contributed by atoms with Crippen molar-refractivity contribution in [3.8, 4) is 5.69 Å².